The second-order valence-corrected chi connectivity index (χ2v) is 2.56. The lowest BCUT2D eigenvalue weighted by Gasteiger charge is -2.18. The Morgan fingerprint density at radius 1 is 1.42 bits per heavy atom. The molecule has 0 bridgehead atoms. The zero-order valence-corrected chi connectivity index (χ0v) is 7.06. The van der Waals surface area contributed by atoms with E-state index < -0.39 is 24.8 Å². The first-order valence-electron chi connectivity index (χ1n) is 3.74. The lowest BCUT2D eigenvalue weighted by atomic mass is 10.2. The molecule has 0 aromatic heterocycles. The molecule has 74 valence electrons. The van der Waals surface area contributed by atoms with E-state index in [1.807, 2.05) is 0 Å². The van der Waals surface area contributed by atoms with Gasteiger partial charge in [0.25, 0.3) is 0 Å². The maximum absolute atomic E-state index is 11.7. The van der Waals surface area contributed by atoms with Crippen LogP contribution in [0.5, 0.6) is 0 Å². The molecule has 0 aromatic rings. The molecule has 1 N–H and O–H groups in total. The van der Waals surface area contributed by atoms with Crippen LogP contribution in [0, 0.1) is 0 Å². The fourth-order valence-electron chi connectivity index (χ4n) is 0.801. The fourth-order valence-corrected chi connectivity index (χ4v) is 0.801. The first-order chi connectivity index (χ1) is 5.38. The van der Waals surface area contributed by atoms with Gasteiger partial charge in [0, 0.05) is 13.0 Å². The molecule has 2 nitrogen and oxygen atoms in total. The predicted molar refractivity (Wildman–Crippen MR) is 37.8 cm³/mol. The summed E-state index contributed by atoms with van der Waals surface area (Å²) in [5, 5.41) is 8.58. The minimum absolute atomic E-state index is 0.353. The van der Waals surface area contributed by atoms with Gasteiger partial charge in [-0.05, 0) is 13.8 Å². The molecule has 0 radical (unpaired) electrons. The van der Waals surface area contributed by atoms with Gasteiger partial charge in [0.05, 0.1) is 6.10 Å². The first kappa shape index (κ1) is 11.7. The summed E-state index contributed by atoms with van der Waals surface area (Å²) in [5.74, 6) is 0. The molecule has 0 aliphatic rings. The molecule has 0 saturated carbocycles. The summed E-state index contributed by atoms with van der Waals surface area (Å²) in [5.41, 5.74) is 0. The number of aliphatic hydroxyl groups is 1. The van der Waals surface area contributed by atoms with E-state index >= 15 is 0 Å². The third-order valence-electron chi connectivity index (χ3n) is 1.38. The number of aliphatic hydroxyl groups excluding tert-OH is 1. The van der Waals surface area contributed by atoms with Gasteiger partial charge < -0.3 is 9.84 Å². The summed E-state index contributed by atoms with van der Waals surface area (Å²) in [6.07, 6.45) is -7.78. The first-order valence-corrected chi connectivity index (χ1v) is 3.74. The molecular weight excluding hydrogens is 173 g/mol. The van der Waals surface area contributed by atoms with Crippen LogP contribution in [0.1, 0.15) is 20.3 Å². The minimum Gasteiger partial charge on any atom is -0.384 e. The summed E-state index contributed by atoms with van der Waals surface area (Å²) in [6.45, 7) is 3.54. The van der Waals surface area contributed by atoms with E-state index in [4.69, 9.17) is 9.84 Å². The zero-order chi connectivity index (χ0) is 9.78. The third-order valence-corrected chi connectivity index (χ3v) is 1.38. The zero-order valence-electron chi connectivity index (χ0n) is 7.06. The smallest absolute Gasteiger partial charge is 0.384 e. The number of hydrogen-bond donors (Lipinski definition) is 1. The Morgan fingerprint density at radius 3 is 2.25 bits per heavy atom. The van der Waals surface area contributed by atoms with Crippen LogP contribution in [0.4, 0.5) is 13.2 Å². The van der Waals surface area contributed by atoms with Gasteiger partial charge in [-0.15, -0.1) is 0 Å². The molecule has 0 aliphatic carbocycles. The van der Waals surface area contributed by atoms with Gasteiger partial charge in [-0.25, -0.2) is 0 Å². The van der Waals surface area contributed by atoms with Gasteiger partial charge in [-0.3, -0.25) is 0 Å². The van der Waals surface area contributed by atoms with Crippen molar-refractivity contribution >= 4 is 0 Å². The van der Waals surface area contributed by atoms with Gasteiger partial charge in [0.15, 0.2) is 6.10 Å². The average Bonchev–Trinajstić information content (AvgIpc) is 1.85. The standard InChI is InChI=1S/C7H13F3O2/c1-3-12-5(2)4-6(11)7(8,9)10/h5-6,11H,3-4H2,1-2H3. The van der Waals surface area contributed by atoms with Crippen molar-refractivity contribution in [1.82, 2.24) is 0 Å². The van der Waals surface area contributed by atoms with E-state index in [1.54, 1.807) is 6.92 Å². The second kappa shape index (κ2) is 4.67. The molecule has 12 heavy (non-hydrogen) atoms. The lowest BCUT2D eigenvalue weighted by Crippen LogP contribution is -2.32. The van der Waals surface area contributed by atoms with Crippen molar-refractivity contribution in [2.24, 2.45) is 0 Å². The van der Waals surface area contributed by atoms with Crippen LogP contribution >= 0.6 is 0 Å². The van der Waals surface area contributed by atoms with Crippen LogP contribution in [-0.2, 0) is 4.74 Å². The largest absolute Gasteiger partial charge is 0.414 e. The molecular formula is C7H13F3O2. The number of halogens is 3. The van der Waals surface area contributed by atoms with Gasteiger partial charge in [-0.1, -0.05) is 0 Å². The van der Waals surface area contributed by atoms with Crippen LogP contribution in [0.3, 0.4) is 0 Å². The van der Waals surface area contributed by atoms with E-state index in [9.17, 15) is 13.2 Å². The quantitative estimate of drug-likeness (QED) is 0.724. The summed E-state index contributed by atoms with van der Waals surface area (Å²) in [7, 11) is 0. The highest BCUT2D eigenvalue weighted by molar-refractivity contribution is 4.68. The fraction of sp³-hybridized carbons (Fsp3) is 1.00. The predicted octanol–water partition coefficient (Wildman–Crippen LogP) is 1.72. The molecule has 0 saturated heterocycles. The van der Waals surface area contributed by atoms with E-state index in [1.165, 1.54) is 6.92 Å². The minimum atomic E-state index is -4.54. The number of hydrogen-bond acceptors (Lipinski definition) is 2. The second-order valence-electron chi connectivity index (χ2n) is 2.56. The van der Waals surface area contributed by atoms with E-state index in [0.29, 0.717) is 6.61 Å². The molecule has 0 aliphatic heterocycles. The maximum Gasteiger partial charge on any atom is 0.414 e. The van der Waals surface area contributed by atoms with Crippen molar-refractivity contribution in [2.75, 3.05) is 6.61 Å². The third kappa shape index (κ3) is 4.56. The molecule has 5 heteroatoms. The SMILES string of the molecule is CCOC(C)CC(O)C(F)(F)F. The maximum atomic E-state index is 11.7. The Kier molecular flexibility index (Phi) is 4.55. The topological polar surface area (TPSA) is 29.5 Å². The van der Waals surface area contributed by atoms with Crippen LogP contribution in [-0.4, -0.2) is 30.1 Å². The highest BCUT2D eigenvalue weighted by Gasteiger charge is 2.38. The Bertz CT molecular complexity index is 124. The van der Waals surface area contributed by atoms with Gasteiger partial charge >= 0.3 is 6.18 Å². The molecule has 0 aromatic carbocycles. The van der Waals surface area contributed by atoms with Crippen LogP contribution < -0.4 is 0 Å². The molecule has 0 fully saturated rings. The van der Waals surface area contributed by atoms with Crippen molar-refractivity contribution in [3.05, 3.63) is 0 Å². The van der Waals surface area contributed by atoms with Crippen LogP contribution in [0.2, 0.25) is 0 Å². The normalized spacial score (nSPS) is 17.5. The van der Waals surface area contributed by atoms with Crippen LogP contribution in [0.15, 0.2) is 0 Å². The molecule has 2 unspecified atom stereocenters. The van der Waals surface area contributed by atoms with Crippen molar-refractivity contribution in [2.45, 2.75) is 38.7 Å². The Labute approximate surface area is 69.3 Å². The van der Waals surface area contributed by atoms with Crippen molar-refractivity contribution in [1.29, 1.82) is 0 Å². The van der Waals surface area contributed by atoms with Crippen molar-refractivity contribution in [3.63, 3.8) is 0 Å². The highest BCUT2D eigenvalue weighted by Crippen LogP contribution is 2.23. The Balaban J connectivity index is 3.76. The van der Waals surface area contributed by atoms with Crippen molar-refractivity contribution in [3.8, 4) is 0 Å². The van der Waals surface area contributed by atoms with E-state index in [2.05, 4.69) is 0 Å². The van der Waals surface area contributed by atoms with E-state index in [0.717, 1.165) is 0 Å². The summed E-state index contributed by atoms with van der Waals surface area (Å²) in [4.78, 5) is 0. The van der Waals surface area contributed by atoms with Gasteiger partial charge in [-0.2, -0.15) is 13.2 Å². The summed E-state index contributed by atoms with van der Waals surface area (Å²) in [6, 6.07) is 0. The van der Waals surface area contributed by atoms with Crippen molar-refractivity contribution < 1.29 is 23.0 Å². The molecule has 2 atom stereocenters. The summed E-state index contributed by atoms with van der Waals surface area (Å²) < 4.78 is 40.1. The molecule has 0 amide bonds. The van der Waals surface area contributed by atoms with Gasteiger partial charge in [0.1, 0.15) is 0 Å². The van der Waals surface area contributed by atoms with Gasteiger partial charge in [0.2, 0.25) is 0 Å². The number of rotatable bonds is 4. The van der Waals surface area contributed by atoms with E-state index in [-0.39, 0.29) is 0 Å². The number of alkyl halides is 3. The highest BCUT2D eigenvalue weighted by atomic mass is 19.4. The monoisotopic (exact) mass is 186 g/mol. The molecule has 0 rings (SSSR count). The average molecular weight is 186 g/mol. The summed E-state index contributed by atoms with van der Waals surface area (Å²) >= 11 is 0. The molecule has 0 spiro atoms. The lowest BCUT2D eigenvalue weighted by molar-refractivity contribution is -0.211. The van der Waals surface area contributed by atoms with Crippen LogP contribution in [0.25, 0.3) is 0 Å². The Morgan fingerprint density at radius 2 is 1.92 bits per heavy atom. The number of ether oxygens (including phenoxy) is 1. The molecule has 0 heterocycles. The Hall–Kier alpha value is -0.290.